The topological polar surface area (TPSA) is 60.5 Å². The lowest BCUT2D eigenvalue weighted by Gasteiger charge is -2.32. The number of furan rings is 1. The van der Waals surface area contributed by atoms with Gasteiger partial charge in [0.05, 0.1) is 7.11 Å². The summed E-state index contributed by atoms with van der Waals surface area (Å²) in [7, 11) is 1.61. The average molecular weight is 381 g/mol. The summed E-state index contributed by atoms with van der Waals surface area (Å²) in [5, 5.41) is 0.888. The van der Waals surface area contributed by atoms with Gasteiger partial charge < -0.3 is 18.6 Å². The second-order valence-electron chi connectivity index (χ2n) is 7.82. The molecule has 1 aromatic carbocycles. The molecule has 0 saturated carbocycles. The van der Waals surface area contributed by atoms with Gasteiger partial charge in [0, 0.05) is 43.3 Å². The zero-order valence-corrected chi connectivity index (χ0v) is 16.7. The van der Waals surface area contributed by atoms with E-state index in [1.54, 1.807) is 7.11 Å². The molecule has 2 aromatic heterocycles. The molecule has 1 amide bonds. The van der Waals surface area contributed by atoms with Crippen molar-refractivity contribution < 1.29 is 13.9 Å². The molecule has 6 nitrogen and oxygen atoms in total. The van der Waals surface area contributed by atoms with Crippen LogP contribution in [0.4, 0.5) is 0 Å². The van der Waals surface area contributed by atoms with Crippen molar-refractivity contribution >= 4 is 16.9 Å². The number of carbonyl (C=O) groups is 1. The van der Waals surface area contributed by atoms with Gasteiger partial charge in [0.2, 0.25) is 0 Å². The number of fused-ring (bicyclic) bond motifs is 1. The maximum Gasteiger partial charge on any atom is 0.289 e. The fourth-order valence-corrected chi connectivity index (χ4v) is 4.03. The van der Waals surface area contributed by atoms with Gasteiger partial charge in [-0.25, -0.2) is 4.98 Å². The molecule has 0 radical (unpaired) electrons. The number of likely N-dealkylation sites (tertiary alicyclic amines) is 1. The van der Waals surface area contributed by atoms with Crippen LogP contribution in [0.1, 0.15) is 49.0 Å². The van der Waals surface area contributed by atoms with E-state index in [1.807, 2.05) is 35.4 Å². The Labute approximate surface area is 165 Å². The molecule has 6 heteroatoms. The molecule has 0 unspecified atom stereocenters. The Kier molecular flexibility index (Phi) is 5.11. The first kappa shape index (κ1) is 18.6. The summed E-state index contributed by atoms with van der Waals surface area (Å²) in [5.74, 6) is 3.11. The Morgan fingerprint density at radius 3 is 2.82 bits per heavy atom. The van der Waals surface area contributed by atoms with E-state index >= 15 is 0 Å². The van der Waals surface area contributed by atoms with Gasteiger partial charge in [-0.15, -0.1) is 0 Å². The highest BCUT2D eigenvalue weighted by Crippen LogP contribution is 2.30. The molecule has 1 fully saturated rings. The first-order valence-corrected chi connectivity index (χ1v) is 9.93. The minimum absolute atomic E-state index is 0.0396. The maximum absolute atomic E-state index is 12.9. The molecule has 0 aliphatic carbocycles. The standard InChI is InChI=1S/C22H27N3O3/c1-15(2)21-23-9-12-25(21)14-16-7-10-24(11-8-16)22(26)19-13-17-5-4-6-18(27-3)20(17)28-19/h4-6,9,12-13,15-16H,7-8,10-11,14H2,1-3H3. The number of aromatic nitrogens is 2. The number of rotatable bonds is 5. The van der Waals surface area contributed by atoms with Crippen LogP contribution in [-0.4, -0.2) is 40.6 Å². The number of benzene rings is 1. The van der Waals surface area contributed by atoms with Crippen molar-refractivity contribution in [2.24, 2.45) is 5.92 Å². The molecular weight excluding hydrogens is 354 g/mol. The lowest BCUT2D eigenvalue weighted by Crippen LogP contribution is -2.39. The van der Waals surface area contributed by atoms with Crippen molar-refractivity contribution in [2.45, 2.75) is 39.2 Å². The Bertz CT molecular complexity index is 964. The van der Waals surface area contributed by atoms with Crippen molar-refractivity contribution in [1.29, 1.82) is 0 Å². The molecule has 148 valence electrons. The Morgan fingerprint density at radius 1 is 1.32 bits per heavy atom. The van der Waals surface area contributed by atoms with Crippen LogP contribution >= 0.6 is 0 Å². The van der Waals surface area contributed by atoms with Crippen LogP contribution < -0.4 is 4.74 Å². The fraction of sp³-hybridized carbons (Fsp3) is 0.455. The molecule has 0 atom stereocenters. The van der Waals surface area contributed by atoms with E-state index in [4.69, 9.17) is 9.15 Å². The van der Waals surface area contributed by atoms with E-state index in [1.165, 1.54) is 0 Å². The summed E-state index contributed by atoms with van der Waals surface area (Å²) in [6, 6.07) is 7.49. The van der Waals surface area contributed by atoms with E-state index < -0.39 is 0 Å². The van der Waals surface area contributed by atoms with Crippen molar-refractivity contribution in [2.75, 3.05) is 20.2 Å². The number of ether oxygens (including phenoxy) is 1. The van der Waals surface area contributed by atoms with Crippen LogP contribution in [0.2, 0.25) is 0 Å². The van der Waals surface area contributed by atoms with E-state index in [0.717, 1.165) is 43.7 Å². The maximum atomic E-state index is 12.9. The SMILES string of the molecule is COc1cccc2cc(C(=O)N3CCC(Cn4ccnc4C(C)C)CC3)oc12. The smallest absolute Gasteiger partial charge is 0.289 e. The molecule has 1 aliphatic heterocycles. The zero-order chi connectivity index (χ0) is 19.7. The highest BCUT2D eigenvalue weighted by molar-refractivity contribution is 5.97. The summed E-state index contributed by atoms with van der Waals surface area (Å²) in [6.07, 6.45) is 5.93. The third-order valence-electron chi connectivity index (χ3n) is 5.56. The number of carbonyl (C=O) groups excluding carboxylic acids is 1. The normalized spacial score (nSPS) is 15.5. The number of methoxy groups -OCH3 is 1. The highest BCUT2D eigenvalue weighted by Gasteiger charge is 2.26. The lowest BCUT2D eigenvalue weighted by molar-refractivity contribution is 0.0652. The van der Waals surface area contributed by atoms with E-state index in [0.29, 0.717) is 28.9 Å². The Morgan fingerprint density at radius 2 is 2.11 bits per heavy atom. The monoisotopic (exact) mass is 381 g/mol. The third kappa shape index (κ3) is 3.51. The lowest BCUT2D eigenvalue weighted by atomic mass is 9.96. The number of imidazole rings is 1. The summed E-state index contributed by atoms with van der Waals surface area (Å²) in [5.41, 5.74) is 0.629. The van der Waals surface area contributed by atoms with Crippen LogP contribution in [0.15, 0.2) is 41.1 Å². The van der Waals surface area contributed by atoms with Crippen molar-refractivity contribution in [3.63, 3.8) is 0 Å². The molecule has 3 heterocycles. The van der Waals surface area contributed by atoms with Gasteiger partial charge in [-0.3, -0.25) is 4.79 Å². The largest absolute Gasteiger partial charge is 0.493 e. The number of amides is 1. The molecule has 0 spiro atoms. The van der Waals surface area contributed by atoms with Gasteiger partial charge in [-0.05, 0) is 30.9 Å². The number of hydrogen-bond acceptors (Lipinski definition) is 4. The minimum atomic E-state index is -0.0396. The van der Waals surface area contributed by atoms with Crippen molar-refractivity contribution in [3.8, 4) is 5.75 Å². The van der Waals surface area contributed by atoms with Crippen LogP contribution in [-0.2, 0) is 6.54 Å². The molecule has 0 bridgehead atoms. The highest BCUT2D eigenvalue weighted by atomic mass is 16.5. The molecule has 0 N–H and O–H groups in total. The van der Waals surface area contributed by atoms with Gasteiger partial charge in [-0.1, -0.05) is 26.0 Å². The van der Waals surface area contributed by atoms with Crippen molar-refractivity contribution in [3.05, 3.63) is 48.2 Å². The van der Waals surface area contributed by atoms with E-state index in [2.05, 4.69) is 29.6 Å². The first-order valence-electron chi connectivity index (χ1n) is 9.93. The number of nitrogens with zero attached hydrogens (tertiary/aromatic N) is 3. The van der Waals surface area contributed by atoms with Gasteiger partial charge in [-0.2, -0.15) is 0 Å². The van der Waals surface area contributed by atoms with E-state index in [-0.39, 0.29) is 5.91 Å². The van der Waals surface area contributed by atoms with Gasteiger partial charge in [0.1, 0.15) is 5.82 Å². The molecular formula is C22H27N3O3. The molecule has 3 aromatic rings. The number of para-hydroxylation sites is 1. The van der Waals surface area contributed by atoms with Gasteiger partial charge >= 0.3 is 0 Å². The quantitative estimate of drug-likeness (QED) is 0.661. The third-order valence-corrected chi connectivity index (χ3v) is 5.56. The molecule has 4 rings (SSSR count). The number of piperidine rings is 1. The first-order chi connectivity index (χ1) is 13.6. The molecule has 1 saturated heterocycles. The van der Waals surface area contributed by atoms with Crippen LogP contribution in [0.25, 0.3) is 11.0 Å². The summed E-state index contributed by atoms with van der Waals surface area (Å²) >= 11 is 0. The second kappa shape index (κ2) is 7.70. The van der Waals surface area contributed by atoms with Crippen LogP contribution in [0, 0.1) is 5.92 Å². The molecule has 1 aliphatic rings. The summed E-state index contributed by atoms with van der Waals surface area (Å²) in [4.78, 5) is 19.3. The number of hydrogen-bond donors (Lipinski definition) is 0. The summed E-state index contributed by atoms with van der Waals surface area (Å²) < 4.78 is 13.4. The van der Waals surface area contributed by atoms with Gasteiger partial charge in [0.25, 0.3) is 5.91 Å². The van der Waals surface area contributed by atoms with Crippen molar-refractivity contribution in [1.82, 2.24) is 14.5 Å². The van der Waals surface area contributed by atoms with Crippen LogP contribution in [0.5, 0.6) is 5.75 Å². The predicted molar refractivity (Wildman–Crippen MR) is 108 cm³/mol. The zero-order valence-electron chi connectivity index (χ0n) is 16.7. The Hall–Kier alpha value is -2.76. The van der Waals surface area contributed by atoms with Gasteiger partial charge in [0.15, 0.2) is 17.1 Å². The predicted octanol–water partition coefficient (Wildman–Crippen LogP) is 4.31. The fourth-order valence-electron chi connectivity index (χ4n) is 4.03. The Balaban J connectivity index is 1.41. The average Bonchev–Trinajstić information content (AvgIpc) is 3.34. The van der Waals surface area contributed by atoms with Crippen LogP contribution in [0.3, 0.4) is 0 Å². The van der Waals surface area contributed by atoms with E-state index in [9.17, 15) is 4.79 Å². The minimum Gasteiger partial charge on any atom is -0.493 e. The molecule has 28 heavy (non-hydrogen) atoms. The second-order valence-corrected chi connectivity index (χ2v) is 7.82. The summed E-state index contributed by atoms with van der Waals surface area (Å²) in [6.45, 7) is 6.81.